The quantitative estimate of drug-likeness (QED) is 0.782. The summed E-state index contributed by atoms with van der Waals surface area (Å²) in [7, 11) is 0.959. The summed E-state index contributed by atoms with van der Waals surface area (Å²) in [5.74, 6) is -0.795. The van der Waals surface area contributed by atoms with Gasteiger partial charge >= 0.3 is 0 Å². The maximum atomic E-state index is 13.4. The van der Waals surface area contributed by atoms with Gasteiger partial charge in [0, 0.05) is 16.6 Å². The van der Waals surface area contributed by atoms with Crippen LogP contribution in [0.2, 0.25) is 0 Å². The van der Waals surface area contributed by atoms with Gasteiger partial charge in [0.2, 0.25) is 5.03 Å². The summed E-state index contributed by atoms with van der Waals surface area (Å²) in [4.78, 5) is 3.47. The van der Waals surface area contributed by atoms with Crippen LogP contribution in [0.4, 0.5) is 4.39 Å². The van der Waals surface area contributed by atoms with E-state index in [1.54, 1.807) is 6.07 Å². The Bertz CT molecular complexity index is 708. The van der Waals surface area contributed by atoms with Crippen molar-refractivity contribution in [2.24, 2.45) is 0 Å². The van der Waals surface area contributed by atoms with Crippen molar-refractivity contribution in [3.63, 3.8) is 0 Å². The molecule has 3 rings (SSSR count). The molecule has 17 heavy (non-hydrogen) atoms. The molecule has 1 saturated carbocycles. The second kappa shape index (κ2) is 3.39. The van der Waals surface area contributed by atoms with Crippen molar-refractivity contribution < 1.29 is 12.8 Å². The number of fused-ring (bicyclic) bond motifs is 1. The van der Waals surface area contributed by atoms with Crippen molar-refractivity contribution in [2.75, 3.05) is 0 Å². The van der Waals surface area contributed by atoms with E-state index in [0.717, 1.165) is 23.1 Å². The summed E-state index contributed by atoms with van der Waals surface area (Å²) in [6.45, 7) is 0. The van der Waals surface area contributed by atoms with Gasteiger partial charge in [0.25, 0.3) is 15.0 Å². The third kappa shape index (κ3) is 1.79. The lowest BCUT2D eigenvalue weighted by Crippen LogP contribution is -2.04. The average Bonchev–Trinajstić information content (AvgIpc) is 2.98. The number of imidazole rings is 1. The lowest BCUT2D eigenvalue weighted by Gasteiger charge is -2.00. The van der Waals surface area contributed by atoms with Crippen LogP contribution in [0, 0.1) is 5.95 Å². The van der Waals surface area contributed by atoms with Crippen LogP contribution in [0.5, 0.6) is 0 Å². The molecule has 0 aliphatic heterocycles. The molecule has 2 aromatic heterocycles. The molecule has 2 aromatic rings. The van der Waals surface area contributed by atoms with Crippen molar-refractivity contribution >= 4 is 25.4 Å². The number of halogens is 2. The van der Waals surface area contributed by atoms with Crippen LogP contribution < -0.4 is 0 Å². The van der Waals surface area contributed by atoms with Gasteiger partial charge in [-0.2, -0.15) is 19.0 Å². The van der Waals surface area contributed by atoms with Gasteiger partial charge in [0.05, 0.1) is 5.69 Å². The first-order chi connectivity index (χ1) is 7.97. The molecule has 0 N–H and O–H groups in total. The predicted molar refractivity (Wildman–Crippen MR) is 58.0 cm³/mol. The third-order valence-electron chi connectivity index (χ3n) is 2.64. The highest BCUT2D eigenvalue weighted by atomic mass is 35.7. The number of hydrogen-bond donors (Lipinski definition) is 0. The molecule has 0 aromatic carbocycles. The van der Waals surface area contributed by atoms with Gasteiger partial charge in [-0.05, 0) is 25.0 Å². The van der Waals surface area contributed by atoms with Crippen molar-refractivity contribution in [3.8, 4) is 0 Å². The van der Waals surface area contributed by atoms with E-state index in [-0.39, 0.29) is 5.65 Å². The van der Waals surface area contributed by atoms with Crippen LogP contribution in [0.3, 0.4) is 0 Å². The molecule has 8 heteroatoms. The molecule has 1 fully saturated rings. The van der Waals surface area contributed by atoms with E-state index >= 15 is 0 Å². The molecule has 0 atom stereocenters. The van der Waals surface area contributed by atoms with Gasteiger partial charge in [-0.1, -0.05) is 0 Å². The number of aromatic nitrogens is 3. The number of rotatable bonds is 2. The van der Waals surface area contributed by atoms with E-state index in [0.29, 0.717) is 5.92 Å². The molecule has 1 aliphatic rings. The maximum Gasteiger partial charge on any atom is 0.283 e. The second-order valence-electron chi connectivity index (χ2n) is 3.95. The number of nitrogens with zero attached hydrogens (tertiary/aromatic N) is 3. The molecule has 5 nitrogen and oxygen atoms in total. The largest absolute Gasteiger partial charge is 0.283 e. The predicted octanol–water partition coefficient (Wildman–Crippen LogP) is 1.67. The highest BCUT2D eigenvalue weighted by Gasteiger charge is 2.28. The lowest BCUT2D eigenvalue weighted by atomic mass is 10.3. The van der Waals surface area contributed by atoms with Crippen LogP contribution in [0.25, 0.3) is 5.65 Å². The van der Waals surface area contributed by atoms with Crippen LogP contribution >= 0.6 is 10.7 Å². The Morgan fingerprint density at radius 2 is 2.12 bits per heavy atom. The first-order valence-electron chi connectivity index (χ1n) is 4.96. The monoisotopic (exact) mass is 275 g/mol. The Hall–Kier alpha value is -1.21. The summed E-state index contributed by atoms with van der Waals surface area (Å²) in [5.41, 5.74) is 0.864. The van der Waals surface area contributed by atoms with Gasteiger partial charge < -0.3 is 0 Å². The molecule has 90 valence electrons. The van der Waals surface area contributed by atoms with Gasteiger partial charge in [-0.3, -0.25) is 0 Å². The zero-order valence-electron chi connectivity index (χ0n) is 8.47. The minimum Gasteiger partial charge on any atom is -0.205 e. The third-order valence-corrected chi connectivity index (χ3v) is 3.89. The molecule has 0 saturated heterocycles. The fourth-order valence-corrected chi connectivity index (χ4v) is 2.68. The molecule has 0 unspecified atom stereocenters. The number of hydrogen-bond acceptors (Lipinski definition) is 4. The first kappa shape index (κ1) is 10.9. The fraction of sp³-hybridized carbons (Fsp3) is 0.333. The minimum atomic E-state index is -4.20. The second-order valence-corrected chi connectivity index (χ2v) is 6.43. The summed E-state index contributed by atoms with van der Waals surface area (Å²) < 4.78 is 36.9. The molecule has 0 spiro atoms. The zero-order valence-corrected chi connectivity index (χ0v) is 10.0. The Morgan fingerprint density at radius 1 is 1.41 bits per heavy atom. The van der Waals surface area contributed by atoms with E-state index in [4.69, 9.17) is 10.7 Å². The molecule has 0 amide bonds. The molecule has 2 heterocycles. The van der Waals surface area contributed by atoms with E-state index in [9.17, 15) is 12.8 Å². The average molecular weight is 276 g/mol. The van der Waals surface area contributed by atoms with E-state index in [1.165, 1.54) is 6.07 Å². The molecule has 0 bridgehead atoms. The minimum absolute atomic E-state index is 0.131. The van der Waals surface area contributed by atoms with Crippen LogP contribution in [0.1, 0.15) is 24.5 Å². The molecule has 1 aliphatic carbocycles. The maximum absolute atomic E-state index is 13.4. The Morgan fingerprint density at radius 3 is 2.71 bits per heavy atom. The SMILES string of the molecule is O=S(=O)(Cl)c1c(F)nc2ccc(C3CC3)nn12. The first-order valence-corrected chi connectivity index (χ1v) is 7.27. The highest BCUT2D eigenvalue weighted by Crippen LogP contribution is 2.39. The smallest absolute Gasteiger partial charge is 0.205 e. The standard InChI is InChI=1S/C9H7ClFN3O2S/c10-17(15,16)9-8(11)12-7-4-3-6(5-1-2-5)13-14(7)9/h3-5H,1-2H2. The summed E-state index contributed by atoms with van der Waals surface area (Å²) >= 11 is 0. The van der Waals surface area contributed by atoms with Gasteiger partial charge in [-0.25, -0.2) is 8.42 Å². The van der Waals surface area contributed by atoms with Crippen molar-refractivity contribution in [2.45, 2.75) is 23.8 Å². The van der Waals surface area contributed by atoms with Crippen LogP contribution in [0.15, 0.2) is 17.2 Å². The molecule has 0 radical (unpaired) electrons. The normalized spacial score (nSPS) is 16.6. The summed E-state index contributed by atoms with van der Waals surface area (Å²) in [5, 5.41) is 3.38. The van der Waals surface area contributed by atoms with Crippen molar-refractivity contribution in [1.29, 1.82) is 0 Å². The molecular formula is C9H7ClFN3O2S. The van der Waals surface area contributed by atoms with Gasteiger partial charge in [-0.15, -0.1) is 0 Å². The van der Waals surface area contributed by atoms with E-state index < -0.39 is 20.0 Å². The zero-order chi connectivity index (χ0) is 12.2. The van der Waals surface area contributed by atoms with Crippen LogP contribution in [-0.2, 0) is 9.05 Å². The molecular weight excluding hydrogens is 269 g/mol. The van der Waals surface area contributed by atoms with Crippen molar-refractivity contribution in [1.82, 2.24) is 14.6 Å². The van der Waals surface area contributed by atoms with Crippen molar-refractivity contribution in [3.05, 3.63) is 23.8 Å². The lowest BCUT2D eigenvalue weighted by molar-refractivity contribution is 0.538. The Balaban J connectivity index is 2.32. The van der Waals surface area contributed by atoms with Crippen LogP contribution in [-0.4, -0.2) is 23.0 Å². The van der Waals surface area contributed by atoms with Gasteiger partial charge in [0.1, 0.15) is 0 Å². The topological polar surface area (TPSA) is 64.3 Å². The fourth-order valence-electron chi connectivity index (χ4n) is 1.70. The Kier molecular flexibility index (Phi) is 2.18. The highest BCUT2D eigenvalue weighted by molar-refractivity contribution is 8.13. The van der Waals surface area contributed by atoms with E-state index in [2.05, 4.69) is 10.1 Å². The Labute approximate surface area is 101 Å². The summed E-state index contributed by atoms with van der Waals surface area (Å²) in [6.07, 6.45) is 2.03. The summed E-state index contributed by atoms with van der Waals surface area (Å²) in [6, 6.07) is 3.26. The van der Waals surface area contributed by atoms with E-state index in [1.807, 2.05) is 0 Å². The van der Waals surface area contributed by atoms with Gasteiger partial charge in [0.15, 0.2) is 5.65 Å².